The molecule has 0 aromatic heterocycles. The molecule has 1 aliphatic rings. The van der Waals surface area contributed by atoms with Crippen LogP contribution in [-0.4, -0.2) is 62.2 Å². The second kappa shape index (κ2) is 4.61. The van der Waals surface area contributed by atoms with E-state index in [0.717, 1.165) is 0 Å². The fraction of sp³-hybridized carbons (Fsp3) is 0.857. The van der Waals surface area contributed by atoms with Crippen LogP contribution in [0.4, 0.5) is 4.79 Å². The van der Waals surface area contributed by atoms with Crippen LogP contribution in [0.5, 0.6) is 0 Å². The van der Waals surface area contributed by atoms with E-state index in [2.05, 4.69) is 5.32 Å². The van der Waals surface area contributed by atoms with Crippen molar-refractivity contribution in [3.63, 3.8) is 0 Å². The molecule has 0 aliphatic carbocycles. The topological polar surface area (TPSA) is 86.7 Å². The van der Waals surface area contributed by atoms with Crippen molar-refractivity contribution in [2.24, 2.45) is 0 Å². The van der Waals surface area contributed by atoms with Gasteiger partial charge in [-0.1, -0.05) is 0 Å². The quantitative estimate of drug-likeness (QED) is 0.638. The van der Waals surface area contributed by atoms with Crippen LogP contribution in [-0.2, 0) is 9.84 Å². The molecular formula is C7H14N2O4S. The Morgan fingerprint density at radius 2 is 1.93 bits per heavy atom. The molecule has 1 rings (SSSR count). The van der Waals surface area contributed by atoms with Gasteiger partial charge in [0.1, 0.15) is 0 Å². The van der Waals surface area contributed by atoms with Gasteiger partial charge in [-0.3, -0.25) is 4.90 Å². The van der Waals surface area contributed by atoms with Gasteiger partial charge in [0.2, 0.25) is 0 Å². The summed E-state index contributed by atoms with van der Waals surface area (Å²) in [6.07, 6.45) is -1.05. The van der Waals surface area contributed by atoms with Gasteiger partial charge in [-0.15, -0.1) is 0 Å². The van der Waals surface area contributed by atoms with Crippen molar-refractivity contribution in [2.75, 3.05) is 37.7 Å². The molecule has 0 unspecified atom stereocenters. The Kier molecular flexibility index (Phi) is 3.70. The Morgan fingerprint density at radius 3 is 2.43 bits per heavy atom. The van der Waals surface area contributed by atoms with Crippen molar-refractivity contribution >= 4 is 15.9 Å². The second-order valence-corrected chi connectivity index (χ2v) is 5.53. The Balaban J connectivity index is 2.19. The SMILES string of the molecule is O=C(O)NCCN1CCS(=O)(=O)CC1. The molecule has 1 fully saturated rings. The Labute approximate surface area is 82.8 Å². The number of sulfone groups is 1. The smallest absolute Gasteiger partial charge is 0.404 e. The minimum Gasteiger partial charge on any atom is -0.465 e. The standard InChI is InChI=1S/C7H14N2O4S/c10-7(11)8-1-2-9-3-5-14(12,13)6-4-9/h8H,1-6H2,(H,10,11). The van der Waals surface area contributed by atoms with E-state index in [1.165, 1.54) is 0 Å². The molecule has 0 aromatic rings. The van der Waals surface area contributed by atoms with E-state index in [4.69, 9.17) is 5.11 Å². The van der Waals surface area contributed by atoms with Crippen LogP contribution >= 0.6 is 0 Å². The molecule has 0 aromatic carbocycles. The molecule has 1 heterocycles. The molecular weight excluding hydrogens is 208 g/mol. The molecule has 0 spiro atoms. The highest BCUT2D eigenvalue weighted by molar-refractivity contribution is 7.91. The lowest BCUT2D eigenvalue weighted by molar-refractivity contribution is 0.191. The molecule has 0 bridgehead atoms. The van der Waals surface area contributed by atoms with Crippen molar-refractivity contribution in [2.45, 2.75) is 0 Å². The normalized spacial score (nSPS) is 21.7. The van der Waals surface area contributed by atoms with Gasteiger partial charge in [0.05, 0.1) is 11.5 Å². The summed E-state index contributed by atoms with van der Waals surface area (Å²) in [4.78, 5) is 12.1. The van der Waals surface area contributed by atoms with Crippen molar-refractivity contribution in [3.8, 4) is 0 Å². The van der Waals surface area contributed by atoms with Gasteiger partial charge in [0.15, 0.2) is 9.84 Å². The Morgan fingerprint density at radius 1 is 1.36 bits per heavy atom. The first-order chi connectivity index (χ1) is 6.49. The molecule has 1 aliphatic heterocycles. The zero-order valence-corrected chi connectivity index (χ0v) is 8.59. The molecule has 7 heteroatoms. The molecule has 6 nitrogen and oxygen atoms in total. The van der Waals surface area contributed by atoms with Crippen LogP contribution in [0.2, 0.25) is 0 Å². The van der Waals surface area contributed by atoms with Crippen LogP contribution in [0.1, 0.15) is 0 Å². The number of nitrogens with zero attached hydrogens (tertiary/aromatic N) is 1. The summed E-state index contributed by atoms with van der Waals surface area (Å²) < 4.78 is 22.1. The van der Waals surface area contributed by atoms with Gasteiger partial charge in [-0.2, -0.15) is 0 Å². The Bertz CT molecular complexity index is 287. The van der Waals surface area contributed by atoms with Gasteiger partial charge in [0.25, 0.3) is 0 Å². The third kappa shape index (κ3) is 3.93. The predicted octanol–water partition coefficient (Wildman–Crippen LogP) is -1.02. The van der Waals surface area contributed by atoms with E-state index >= 15 is 0 Å². The first-order valence-corrected chi connectivity index (χ1v) is 6.21. The highest BCUT2D eigenvalue weighted by atomic mass is 32.2. The number of amides is 1. The molecule has 1 amide bonds. The minimum atomic E-state index is -2.84. The van der Waals surface area contributed by atoms with Crippen LogP contribution in [0.15, 0.2) is 0 Å². The predicted molar refractivity (Wildman–Crippen MR) is 51.1 cm³/mol. The average Bonchev–Trinajstić information content (AvgIpc) is 2.07. The van der Waals surface area contributed by atoms with Crippen LogP contribution in [0.25, 0.3) is 0 Å². The van der Waals surface area contributed by atoms with Crippen LogP contribution in [0.3, 0.4) is 0 Å². The van der Waals surface area contributed by atoms with E-state index < -0.39 is 15.9 Å². The first-order valence-electron chi connectivity index (χ1n) is 4.39. The van der Waals surface area contributed by atoms with Crippen LogP contribution < -0.4 is 5.32 Å². The number of nitrogens with one attached hydrogen (secondary N) is 1. The van der Waals surface area contributed by atoms with E-state index in [1.807, 2.05) is 4.90 Å². The van der Waals surface area contributed by atoms with Crippen molar-refractivity contribution in [1.29, 1.82) is 0 Å². The Hall–Kier alpha value is -0.820. The molecule has 82 valence electrons. The summed E-state index contributed by atoms with van der Waals surface area (Å²) >= 11 is 0. The molecule has 0 radical (unpaired) electrons. The van der Waals surface area contributed by atoms with Crippen molar-refractivity contribution in [3.05, 3.63) is 0 Å². The van der Waals surface area contributed by atoms with Crippen molar-refractivity contribution in [1.82, 2.24) is 10.2 Å². The van der Waals surface area contributed by atoms with Gasteiger partial charge in [0, 0.05) is 26.2 Å². The number of hydrogen-bond acceptors (Lipinski definition) is 4. The summed E-state index contributed by atoms with van der Waals surface area (Å²) in [7, 11) is -2.84. The number of carboxylic acid groups (broad SMARTS) is 1. The molecule has 0 saturated carbocycles. The van der Waals surface area contributed by atoms with E-state index in [1.54, 1.807) is 0 Å². The van der Waals surface area contributed by atoms with E-state index in [0.29, 0.717) is 26.2 Å². The maximum atomic E-state index is 11.0. The maximum absolute atomic E-state index is 11.0. The zero-order chi connectivity index (χ0) is 10.6. The first kappa shape index (κ1) is 11.3. The van der Waals surface area contributed by atoms with Crippen molar-refractivity contribution < 1.29 is 18.3 Å². The number of carbonyl (C=O) groups is 1. The highest BCUT2D eigenvalue weighted by Gasteiger charge is 2.20. The summed E-state index contributed by atoms with van der Waals surface area (Å²) in [5.74, 6) is 0.361. The van der Waals surface area contributed by atoms with Gasteiger partial charge >= 0.3 is 6.09 Å². The summed E-state index contributed by atoms with van der Waals surface area (Å²) in [5, 5.41) is 10.5. The third-order valence-electron chi connectivity index (χ3n) is 2.14. The highest BCUT2D eigenvalue weighted by Crippen LogP contribution is 2.02. The zero-order valence-electron chi connectivity index (χ0n) is 7.77. The fourth-order valence-electron chi connectivity index (χ4n) is 1.29. The fourth-order valence-corrected chi connectivity index (χ4v) is 2.57. The third-order valence-corrected chi connectivity index (χ3v) is 3.75. The summed E-state index contributed by atoms with van der Waals surface area (Å²) in [5.41, 5.74) is 0. The molecule has 2 N–H and O–H groups in total. The number of rotatable bonds is 3. The van der Waals surface area contributed by atoms with E-state index in [-0.39, 0.29) is 11.5 Å². The lowest BCUT2D eigenvalue weighted by atomic mass is 10.4. The minimum absolute atomic E-state index is 0.181. The average molecular weight is 222 g/mol. The van der Waals surface area contributed by atoms with Gasteiger partial charge in [-0.05, 0) is 0 Å². The summed E-state index contributed by atoms with van der Waals surface area (Å²) in [6, 6.07) is 0. The lowest BCUT2D eigenvalue weighted by Gasteiger charge is -2.26. The lowest BCUT2D eigenvalue weighted by Crippen LogP contribution is -2.43. The van der Waals surface area contributed by atoms with Crippen LogP contribution in [0, 0.1) is 0 Å². The maximum Gasteiger partial charge on any atom is 0.404 e. The largest absolute Gasteiger partial charge is 0.465 e. The molecule has 0 atom stereocenters. The van der Waals surface area contributed by atoms with Gasteiger partial charge < -0.3 is 10.4 Å². The second-order valence-electron chi connectivity index (χ2n) is 3.23. The molecule has 14 heavy (non-hydrogen) atoms. The molecule has 1 saturated heterocycles. The monoisotopic (exact) mass is 222 g/mol. The number of hydrogen-bond donors (Lipinski definition) is 2. The summed E-state index contributed by atoms with van der Waals surface area (Å²) in [6.45, 7) is 1.92. The van der Waals surface area contributed by atoms with Gasteiger partial charge in [-0.25, -0.2) is 13.2 Å². The van der Waals surface area contributed by atoms with E-state index in [9.17, 15) is 13.2 Å².